The molecule has 0 N–H and O–H groups in total. The minimum Gasteiger partial charge on any atom is -0.307 e. The van der Waals surface area contributed by atoms with Crippen molar-refractivity contribution in [3.05, 3.63) is 59.3 Å². The van der Waals surface area contributed by atoms with Gasteiger partial charge in [0.1, 0.15) is 12.4 Å². The topological polar surface area (TPSA) is 60.1 Å². The Morgan fingerprint density at radius 1 is 1.25 bits per heavy atom. The monoisotopic (exact) mass is 326 g/mol. The summed E-state index contributed by atoms with van der Waals surface area (Å²) >= 11 is 0. The fraction of sp³-hybridized carbons (Fsp3) is 0.389. The maximum absolute atomic E-state index is 12.7. The van der Waals surface area contributed by atoms with E-state index in [4.69, 9.17) is 0 Å². The maximum Gasteiger partial charge on any atom is 0.346 e. The molecule has 0 atom stereocenters. The van der Waals surface area contributed by atoms with Crippen LogP contribution in [-0.4, -0.2) is 26.8 Å². The average molecular weight is 326 g/mol. The first kappa shape index (κ1) is 16.2. The van der Waals surface area contributed by atoms with E-state index in [2.05, 4.69) is 11.7 Å². The van der Waals surface area contributed by atoms with Crippen molar-refractivity contribution in [3.8, 4) is 0 Å². The molecule has 3 rings (SSSR count). The molecule has 6 heteroatoms. The summed E-state index contributed by atoms with van der Waals surface area (Å²) in [6.45, 7) is 4.75. The summed E-state index contributed by atoms with van der Waals surface area (Å²) in [6.07, 6.45) is 5.61. The minimum atomic E-state index is -0.188. The first-order valence-electron chi connectivity index (χ1n) is 8.33. The highest BCUT2D eigenvalue weighted by atomic mass is 16.2. The Balaban J connectivity index is 1.83. The number of para-hydroxylation sites is 1. The van der Waals surface area contributed by atoms with E-state index in [1.807, 2.05) is 30.3 Å². The standard InChI is InChI=1S/C18H22N4O2/c1-2-12-20(15-9-5-3-6-10-15)17(23)14-22-18(24)21-13-8-4-7-11-16(21)19-22/h2-3,5-6,9-10H,1,4,7-8,11-14H2. The van der Waals surface area contributed by atoms with E-state index in [1.165, 1.54) is 4.68 Å². The largest absolute Gasteiger partial charge is 0.346 e. The number of rotatable bonds is 5. The van der Waals surface area contributed by atoms with Crippen LogP contribution in [0.2, 0.25) is 0 Å². The Morgan fingerprint density at radius 3 is 2.79 bits per heavy atom. The van der Waals surface area contributed by atoms with Gasteiger partial charge in [-0.2, -0.15) is 5.10 Å². The first-order valence-corrected chi connectivity index (χ1v) is 8.33. The highest BCUT2D eigenvalue weighted by Crippen LogP contribution is 2.14. The second-order valence-electron chi connectivity index (χ2n) is 5.95. The van der Waals surface area contributed by atoms with E-state index in [1.54, 1.807) is 15.5 Å². The molecule has 0 saturated heterocycles. The van der Waals surface area contributed by atoms with Crippen molar-refractivity contribution >= 4 is 11.6 Å². The molecule has 0 radical (unpaired) electrons. The van der Waals surface area contributed by atoms with E-state index in [0.29, 0.717) is 13.1 Å². The molecule has 0 spiro atoms. The van der Waals surface area contributed by atoms with Gasteiger partial charge in [-0.05, 0) is 25.0 Å². The molecule has 24 heavy (non-hydrogen) atoms. The molecule has 126 valence electrons. The Hall–Kier alpha value is -2.63. The smallest absolute Gasteiger partial charge is 0.307 e. The molecule has 0 fully saturated rings. The normalized spacial score (nSPS) is 13.8. The summed E-state index contributed by atoms with van der Waals surface area (Å²) in [5.41, 5.74) is 0.600. The van der Waals surface area contributed by atoms with Gasteiger partial charge >= 0.3 is 5.69 Å². The van der Waals surface area contributed by atoms with Crippen molar-refractivity contribution in [2.75, 3.05) is 11.4 Å². The molecule has 1 aromatic carbocycles. The second kappa shape index (κ2) is 7.29. The van der Waals surface area contributed by atoms with E-state index in [-0.39, 0.29) is 18.1 Å². The van der Waals surface area contributed by atoms with Crippen molar-refractivity contribution in [3.63, 3.8) is 0 Å². The summed E-state index contributed by atoms with van der Waals surface area (Å²) in [5.74, 6) is 0.622. The van der Waals surface area contributed by atoms with Gasteiger partial charge in [0, 0.05) is 25.2 Å². The number of carbonyl (C=O) groups is 1. The summed E-state index contributed by atoms with van der Waals surface area (Å²) in [6, 6.07) is 9.39. The van der Waals surface area contributed by atoms with Gasteiger partial charge < -0.3 is 4.90 Å². The Labute approximate surface area is 141 Å². The van der Waals surface area contributed by atoms with Gasteiger partial charge in [-0.1, -0.05) is 30.7 Å². The quantitative estimate of drug-likeness (QED) is 0.790. The first-order chi connectivity index (χ1) is 11.7. The molecule has 1 amide bonds. The number of hydrogen-bond donors (Lipinski definition) is 0. The Morgan fingerprint density at radius 2 is 2.04 bits per heavy atom. The van der Waals surface area contributed by atoms with Crippen molar-refractivity contribution in [1.82, 2.24) is 14.3 Å². The molecule has 0 saturated carbocycles. The predicted octanol–water partition coefficient (Wildman–Crippen LogP) is 1.99. The van der Waals surface area contributed by atoms with E-state index in [0.717, 1.165) is 37.2 Å². The van der Waals surface area contributed by atoms with Gasteiger partial charge in [-0.3, -0.25) is 9.36 Å². The zero-order valence-corrected chi connectivity index (χ0v) is 13.7. The third-order valence-corrected chi connectivity index (χ3v) is 4.25. The van der Waals surface area contributed by atoms with Crippen LogP contribution in [0.3, 0.4) is 0 Å². The number of anilines is 1. The molecule has 0 aliphatic carbocycles. The maximum atomic E-state index is 12.7. The third kappa shape index (κ3) is 3.32. The van der Waals surface area contributed by atoms with Crippen molar-refractivity contribution in [1.29, 1.82) is 0 Å². The number of aryl methyl sites for hydroxylation is 1. The van der Waals surface area contributed by atoms with Crippen LogP contribution >= 0.6 is 0 Å². The highest BCUT2D eigenvalue weighted by molar-refractivity contribution is 5.93. The zero-order valence-electron chi connectivity index (χ0n) is 13.7. The number of nitrogens with zero attached hydrogens (tertiary/aromatic N) is 4. The van der Waals surface area contributed by atoms with Crippen LogP contribution in [0.5, 0.6) is 0 Å². The summed E-state index contributed by atoms with van der Waals surface area (Å²) in [5, 5.41) is 4.38. The van der Waals surface area contributed by atoms with Crippen LogP contribution in [0.4, 0.5) is 5.69 Å². The fourth-order valence-corrected chi connectivity index (χ4v) is 3.03. The van der Waals surface area contributed by atoms with Crippen LogP contribution in [0.25, 0.3) is 0 Å². The molecule has 2 aromatic rings. The van der Waals surface area contributed by atoms with Crippen LogP contribution in [0, 0.1) is 0 Å². The lowest BCUT2D eigenvalue weighted by Crippen LogP contribution is -2.37. The summed E-state index contributed by atoms with van der Waals surface area (Å²) < 4.78 is 3.00. The van der Waals surface area contributed by atoms with Gasteiger partial charge in [0.2, 0.25) is 5.91 Å². The molecule has 0 bridgehead atoms. The summed E-state index contributed by atoms with van der Waals surface area (Å²) in [4.78, 5) is 26.8. The number of hydrogen-bond acceptors (Lipinski definition) is 3. The third-order valence-electron chi connectivity index (χ3n) is 4.25. The molecular formula is C18H22N4O2. The lowest BCUT2D eigenvalue weighted by molar-refractivity contribution is -0.119. The molecule has 1 aromatic heterocycles. The Bertz CT molecular complexity index is 776. The van der Waals surface area contributed by atoms with Crippen LogP contribution < -0.4 is 10.6 Å². The van der Waals surface area contributed by atoms with Crippen molar-refractivity contribution in [2.45, 2.75) is 38.8 Å². The van der Waals surface area contributed by atoms with Crippen LogP contribution in [-0.2, 0) is 24.3 Å². The second-order valence-corrected chi connectivity index (χ2v) is 5.95. The van der Waals surface area contributed by atoms with Gasteiger partial charge in [0.05, 0.1) is 0 Å². The van der Waals surface area contributed by atoms with Crippen LogP contribution in [0.1, 0.15) is 25.1 Å². The average Bonchev–Trinajstić information content (AvgIpc) is 2.78. The lowest BCUT2D eigenvalue weighted by Gasteiger charge is -2.21. The molecule has 6 nitrogen and oxygen atoms in total. The number of carbonyl (C=O) groups excluding carboxylic acids is 1. The highest BCUT2D eigenvalue weighted by Gasteiger charge is 2.20. The van der Waals surface area contributed by atoms with Crippen molar-refractivity contribution in [2.24, 2.45) is 0 Å². The molecule has 2 heterocycles. The van der Waals surface area contributed by atoms with E-state index >= 15 is 0 Å². The Kier molecular flexibility index (Phi) is 4.93. The lowest BCUT2D eigenvalue weighted by atomic mass is 10.2. The van der Waals surface area contributed by atoms with Crippen LogP contribution in [0.15, 0.2) is 47.8 Å². The molecular weight excluding hydrogens is 304 g/mol. The summed E-state index contributed by atoms with van der Waals surface area (Å²) in [7, 11) is 0. The van der Waals surface area contributed by atoms with Gasteiger partial charge in [0.15, 0.2) is 0 Å². The van der Waals surface area contributed by atoms with Crippen molar-refractivity contribution < 1.29 is 4.79 Å². The molecule has 0 unspecified atom stereocenters. The predicted molar refractivity (Wildman–Crippen MR) is 93.0 cm³/mol. The SMILES string of the molecule is C=CCN(C(=O)Cn1nc2n(c1=O)CCCCC2)c1ccccc1. The number of aromatic nitrogens is 3. The van der Waals surface area contributed by atoms with Gasteiger partial charge in [-0.15, -0.1) is 6.58 Å². The van der Waals surface area contributed by atoms with Gasteiger partial charge in [0.25, 0.3) is 0 Å². The fourth-order valence-electron chi connectivity index (χ4n) is 3.03. The number of amides is 1. The zero-order chi connectivity index (χ0) is 16.9. The van der Waals surface area contributed by atoms with E-state index in [9.17, 15) is 9.59 Å². The van der Waals surface area contributed by atoms with Gasteiger partial charge in [-0.25, -0.2) is 9.48 Å². The number of benzene rings is 1. The molecule has 1 aliphatic rings. The number of fused-ring (bicyclic) bond motifs is 1. The molecule has 1 aliphatic heterocycles. The van der Waals surface area contributed by atoms with E-state index < -0.39 is 0 Å². The minimum absolute atomic E-state index is 0.0540.